The first-order valence-electron chi connectivity index (χ1n) is 6.47. The van der Waals surface area contributed by atoms with Crippen molar-refractivity contribution in [1.29, 1.82) is 0 Å². The highest BCUT2D eigenvalue weighted by atomic mass is 15.2. The van der Waals surface area contributed by atoms with E-state index >= 15 is 0 Å². The Hall–Kier alpha value is -1.62. The molecule has 5 nitrogen and oxygen atoms in total. The maximum Gasteiger partial charge on any atom is 0.152 e. The lowest BCUT2D eigenvalue weighted by atomic mass is 9.82. The number of aromatic nitrogens is 3. The average Bonchev–Trinajstić information content (AvgIpc) is 2.90. The van der Waals surface area contributed by atoms with Crippen LogP contribution in [0.1, 0.15) is 26.7 Å². The topological polar surface area (TPSA) is 68.2 Å². The third kappa shape index (κ3) is 2.31. The number of anilines is 1. The molecule has 0 radical (unpaired) electrons. The summed E-state index contributed by atoms with van der Waals surface area (Å²) in [7, 11) is 0. The van der Waals surface area contributed by atoms with Crippen LogP contribution in [0.25, 0.3) is 5.52 Å². The van der Waals surface area contributed by atoms with Crippen LogP contribution < -0.4 is 11.1 Å². The molecule has 0 aliphatic rings. The van der Waals surface area contributed by atoms with Gasteiger partial charge in [0.1, 0.15) is 5.52 Å². The molecule has 0 spiro atoms. The van der Waals surface area contributed by atoms with Crippen molar-refractivity contribution in [2.45, 2.75) is 26.7 Å². The van der Waals surface area contributed by atoms with Gasteiger partial charge in [-0.2, -0.15) is 5.10 Å². The van der Waals surface area contributed by atoms with Crippen LogP contribution in [-0.2, 0) is 0 Å². The standard InChI is InChI=1S/C13H21N5/c1-3-13(4-2,9-14)10-16-12-11-5-6-17-18(11)8-7-15-12/h5-8H,3-4,9-10,14H2,1-2H3,(H,15,16). The smallest absolute Gasteiger partial charge is 0.152 e. The van der Waals surface area contributed by atoms with Crippen LogP contribution in [0.3, 0.4) is 0 Å². The lowest BCUT2D eigenvalue weighted by Crippen LogP contribution is -2.36. The molecule has 18 heavy (non-hydrogen) atoms. The van der Waals surface area contributed by atoms with Gasteiger partial charge in [-0.3, -0.25) is 0 Å². The molecule has 5 heteroatoms. The Labute approximate surface area is 107 Å². The summed E-state index contributed by atoms with van der Waals surface area (Å²) in [6.07, 6.45) is 7.50. The van der Waals surface area contributed by atoms with Crippen molar-refractivity contribution >= 4 is 11.3 Å². The molecule has 0 aliphatic heterocycles. The Kier molecular flexibility index (Phi) is 3.81. The summed E-state index contributed by atoms with van der Waals surface area (Å²) < 4.78 is 1.82. The van der Waals surface area contributed by atoms with E-state index in [1.807, 2.05) is 16.8 Å². The summed E-state index contributed by atoms with van der Waals surface area (Å²) in [5, 5.41) is 7.61. The number of nitrogens with zero attached hydrogens (tertiary/aromatic N) is 3. The normalized spacial score (nSPS) is 11.9. The van der Waals surface area contributed by atoms with E-state index in [1.165, 1.54) is 0 Å². The highest BCUT2D eigenvalue weighted by Gasteiger charge is 2.24. The SMILES string of the molecule is CCC(CC)(CN)CNc1nccn2nccc12. The molecule has 0 aliphatic carbocycles. The molecule has 0 atom stereocenters. The molecule has 0 saturated carbocycles. The number of nitrogens with two attached hydrogens (primary N) is 1. The predicted molar refractivity (Wildman–Crippen MR) is 73.5 cm³/mol. The molecule has 0 amide bonds. The van der Waals surface area contributed by atoms with Gasteiger partial charge in [0.2, 0.25) is 0 Å². The van der Waals surface area contributed by atoms with E-state index in [1.54, 1.807) is 12.4 Å². The molecule has 0 aromatic carbocycles. The van der Waals surface area contributed by atoms with Gasteiger partial charge in [-0.1, -0.05) is 13.8 Å². The third-order valence-electron chi connectivity index (χ3n) is 3.89. The van der Waals surface area contributed by atoms with Crippen molar-refractivity contribution in [3.05, 3.63) is 24.7 Å². The molecular weight excluding hydrogens is 226 g/mol. The number of nitrogens with one attached hydrogen (secondary N) is 1. The largest absolute Gasteiger partial charge is 0.368 e. The Balaban J connectivity index is 2.17. The molecule has 98 valence electrons. The molecule has 0 unspecified atom stereocenters. The van der Waals surface area contributed by atoms with Crippen molar-refractivity contribution in [2.24, 2.45) is 11.1 Å². The van der Waals surface area contributed by atoms with E-state index in [0.717, 1.165) is 30.7 Å². The first-order valence-corrected chi connectivity index (χ1v) is 6.47. The van der Waals surface area contributed by atoms with Gasteiger partial charge in [-0.15, -0.1) is 0 Å². The fourth-order valence-corrected chi connectivity index (χ4v) is 2.13. The van der Waals surface area contributed by atoms with Crippen molar-refractivity contribution in [3.8, 4) is 0 Å². The first-order chi connectivity index (χ1) is 8.74. The average molecular weight is 247 g/mol. The van der Waals surface area contributed by atoms with Gasteiger partial charge in [-0.05, 0) is 30.9 Å². The van der Waals surface area contributed by atoms with E-state index in [0.29, 0.717) is 6.54 Å². The Bertz CT molecular complexity index is 493. The summed E-state index contributed by atoms with van der Waals surface area (Å²) in [4.78, 5) is 4.37. The highest BCUT2D eigenvalue weighted by Crippen LogP contribution is 2.25. The zero-order valence-electron chi connectivity index (χ0n) is 11.1. The van der Waals surface area contributed by atoms with Gasteiger partial charge >= 0.3 is 0 Å². The van der Waals surface area contributed by atoms with Crippen molar-refractivity contribution in [1.82, 2.24) is 14.6 Å². The van der Waals surface area contributed by atoms with E-state index in [2.05, 4.69) is 29.2 Å². The molecule has 0 fully saturated rings. The maximum atomic E-state index is 5.91. The second-order valence-electron chi connectivity index (χ2n) is 4.70. The van der Waals surface area contributed by atoms with E-state index in [4.69, 9.17) is 5.73 Å². The molecule has 0 bridgehead atoms. The van der Waals surface area contributed by atoms with E-state index < -0.39 is 0 Å². The summed E-state index contributed by atoms with van der Waals surface area (Å²) in [5.74, 6) is 0.870. The molecular formula is C13H21N5. The van der Waals surface area contributed by atoms with Gasteiger partial charge in [0.15, 0.2) is 5.82 Å². The second-order valence-corrected chi connectivity index (χ2v) is 4.70. The Morgan fingerprint density at radius 3 is 2.78 bits per heavy atom. The van der Waals surface area contributed by atoms with Crippen molar-refractivity contribution in [3.63, 3.8) is 0 Å². The molecule has 2 aromatic rings. The summed E-state index contributed by atoms with van der Waals surface area (Å²) in [5.41, 5.74) is 7.05. The number of hydrogen-bond acceptors (Lipinski definition) is 4. The van der Waals surface area contributed by atoms with Crippen molar-refractivity contribution in [2.75, 3.05) is 18.4 Å². The summed E-state index contributed by atoms with van der Waals surface area (Å²) >= 11 is 0. The van der Waals surface area contributed by atoms with Crippen LogP contribution in [0.15, 0.2) is 24.7 Å². The lowest BCUT2D eigenvalue weighted by Gasteiger charge is -2.30. The van der Waals surface area contributed by atoms with Crippen LogP contribution in [0.2, 0.25) is 0 Å². The predicted octanol–water partition coefficient (Wildman–Crippen LogP) is 1.91. The minimum absolute atomic E-state index is 0.147. The molecule has 2 heterocycles. The van der Waals surface area contributed by atoms with Crippen LogP contribution >= 0.6 is 0 Å². The summed E-state index contributed by atoms with van der Waals surface area (Å²) in [6, 6.07) is 1.96. The third-order valence-corrected chi connectivity index (χ3v) is 3.89. The minimum atomic E-state index is 0.147. The molecule has 2 rings (SSSR count). The summed E-state index contributed by atoms with van der Waals surface area (Å²) in [6.45, 7) is 5.90. The van der Waals surface area contributed by atoms with Gasteiger partial charge in [0.05, 0.1) is 6.20 Å². The number of hydrogen-bond donors (Lipinski definition) is 2. The monoisotopic (exact) mass is 247 g/mol. The second kappa shape index (κ2) is 5.35. The van der Waals surface area contributed by atoms with E-state index in [-0.39, 0.29) is 5.41 Å². The van der Waals surface area contributed by atoms with Crippen LogP contribution in [0.5, 0.6) is 0 Å². The first kappa shape index (κ1) is 12.8. The minimum Gasteiger partial charge on any atom is -0.368 e. The fraction of sp³-hybridized carbons (Fsp3) is 0.538. The lowest BCUT2D eigenvalue weighted by molar-refractivity contribution is 0.294. The van der Waals surface area contributed by atoms with Crippen LogP contribution in [0, 0.1) is 5.41 Å². The van der Waals surface area contributed by atoms with Crippen LogP contribution in [-0.4, -0.2) is 27.7 Å². The van der Waals surface area contributed by atoms with Gasteiger partial charge < -0.3 is 11.1 Å². The zero-order chi connectivity index (χ0) is 13.0. The highest BCUT2D eigenvalue weighted by molar-refractivity contribution is 5.66. The van der Waals surface area contributed by atoms with Gasteiger partial charge in [0, 0.05) is 18.9 Å². The fourth-order valence-electron chi connectivity index (χ4n) is 2.13. The Morgan fingerprint density at radius 2 is 2.11 bits per heavy atom. The van der Waals surface area contributed by atoms with Crippen molar-refractivity contribution < 1.29 is 0 Å². The quantitative estimate of drug-likeness (QED) is 0.818. The molecule has 0 saturated heterocycles. The maximum absolute atomic E-state index is 5.91. The van der Waals surface area contributed by atoms with Gasteiger partial charge in [0.25, 0.3) is 0 Å². The number of fused-ring (bicyclic) bond motifs is 1. The zero-order valence-corrected chi connectivity index (χ0v) is 11.1. The molecule has 3 N–H and O–H groups in total. The van der Waals surface area contributed by atoms with Gasteiger partial charge in [-0.25, -0.2) is 9.50 Å². The van der Waals surface area contributed by atoms with Crippen LogP contribution in [0.4, 0.5) is 5.82 Å². The number of rotatable bonds is 6. The Morgan fingerprint density at radius 1 is 1.33 bits per heavy atom. The molecule has 2 aromatic heterocycles. The van der Waals surface area contributed by atoms with E-state index in [9.17, 15) is 0 Å².